The summed E-state index contributed by atoms with van der Waals surface area (Å²) in [5.74, 6) is 0.793. The molecule has 0 aromatic heterocycles. The highest BCUT2D eigenvalue weighted by atomic mass is 28.4. The van der Waals surface area contributed by atoms with Gasteiger partial charge in [-0.2, -0.15) is 0 Å². The van der Waals surface area contributed by atoms with Crippen molar-refractivity contribution in [2.24, 2.45) is 0 Å². The lowest BCUT2D eigenvalue weighted by molar-refractivity contribution is -0.701. The van der Waals surface area contributed by atoms with Crippen molar-refractivity contribution >= 4 is 34.3 Å². The number of methoxy groups -OCH3 is 1. The standard InChI is InChI=1S/C23H32N2O6Si2/c1-29-22-14-10-18(11-15-22)20(17-24(26)31-33(5,6)7)16-23(30-32(2,3)4)19-8-12-21(13-9-19)25(27)28/h8-17,20H,1-7H3/b23-16-,24-17-. The Hall–Kier alpha value is -3.12. The maximum atomic E-state index is 12.6. The van der Waals surface area contributed by atoms with Crippen molar-refractivity contribution in [3.8, 4) is 5.75 Å². The Morgan fingerprint density at radius 1 is 0.909 bits per heavy atom. The third-order valence-corrected chi connectivity index (χ3v) is 5.82. The number of ether oxygens (including phenoxy) is 1. The van der Waals surface area contributed by atoms with Gasteiger partial charge in [0.15, 0.2) is 8.32 Å². The SMILES string of the molecule is COc1ccc(C(/C=C(\O[Si](C)(C)C)c2ccc([N+](=O)[O-])cc2)/C=[N+](/[O-])O[Si](C)(C)C)cc1. The van der Waals surface area contributed by atoms with E-state index in [0.717, 1.165) is 5.56 Å². The van der Waals surface area contributed by atoms with Crippen LogP contribution >= 0.6 is 0 Å². The molecule has 0 aliphatic heterocycles. The summed E-state index contributed by atoms with van der Waals surface area (Å²) in [6.07, 6.45) is 3.30. The van der Waals surface area contributed by atoms with Crippen LogP contribution in [0, 0.1) is 15.3 Å². The molecule has 2 rings (SSSR count). The summed E-state index contributed by atoms with van der Waals surface area (Å²) >= 11 is 0. The second-order valence-electron chi connectivity index (χ2n) is 9.49. The number of allylic oxidation sites excluding steroid dienone is 1. The first-order valence-corrected chi connectivity index (χ1v) is 17.4. The van der Waals surface area contributed by atoms with Crippen LogP contribution in [0.1, 0.15) is 17.0 Å². The van der Waals surface area contributed by atoms with E-state index < -0.39 is 27.5 Å². The van der Waals surface area contributed by atoms with E-state index in [1.165, 1.54) is 18.3 Å². The molecule has 0 aliphatic rings. The van der Waals surface area contributed by atoms with E-state index in [2.05, 4.69) is 0 Å². The number of nitro benzene ring substituents is 1. The molecule has 0 amide bonds. The Bertz CT molecular complexity index is 1010. The smallest absolute Gasteiger partial charge is 0.269 e. The molecule has 10 heteroatoms. The van der Waals surface area contributed by atoms with E-state index in [-0.39, 0.29) is 5.69 Å². The molecule has 0 saturated heterocycles. The van der Waals surface area contributed by atoms with E-state index in [4.69, 9.17) is 13.7 Å². The van der Waals surface area contributed by atoms with Gasteiger partial charge in [-0.25, -0.2) is 0 Å². The largest absolute Gasteiger partial charge is 0.544 e. The molecule has 0 heterocycles. The van der Waals surface area contributed by atoms with Gasteiger partial charge in [0.2, 0.25) is 14.5 Å². The van der Waals surface area contributed by atoms with Gasteiger partial charge in [0.05, 0.1) is 18.0 Å². The monoisotopic (exact) mass is 488 g/mol. The summed E-state index contributed by atoms with van der Waals surface area (Å²) < 4.78 is 17.2. The van der Waals surface area contributed by atoms with E-state index in [1.54, 1.807) is 19.2 Å². The summed E-state index contributed by atoms with van der Waals surface area (Å²) in [6, 6.07) is 13.6. The molecular formula is C23H32N2O6Si2. The van der Waals surface area contributed by atoms with Gasteiger partial charge in [-0.1, -0.05) is 31.8 Å². The highest BCUT2D eigenvalue weighted by Gasteiger charge is 2.23. The quantitative estimate of drug-likeness (QED) is 0.103. The van der Waals surface area contributed by atoms with Crippen molar-refractivity contribution in [3.05, 3.63) is 81.1 Å². The van der Waals surface area contributed by atoms with Crippen LogP contribution in [-0.2, 0) is 8.95 Å². The van der Waals surface area contributed by atoms with Gasteiger partial charge in [-0.05, 0) is 55.5 Å². The zero-order valence-electron chi connectivity index (χ0n) is 20.2. The molecule has 0 fully saturated rings. The average Bonchev–Trinajstić information content (AvgIpc) is 2.70. The Balaban J connectivity index is 2.59. The number of hydrogen-bond donors (Lipinski definition) is 0. The summed E-state index contributed by atoms with van der Waals surface area (Å²) in [7, 11) is -2.57. The van der Waals surface area contributed by atoms with Crippen LogP contribution in [0.4, 0.5) is 5.69 Å². The fraction of sp³-hybridized carbons (Fsp3) is 0.348. The molecule has 1 unspecified atom stereocenters. The Labute approximate surface area is 197 Å². The molecule has 0 radical (unpaired) electrons. The van der Waals surface area contributed by atoms with Gasteiger partial charge in [-0.15, -0.1) is 0 Å². The minimum Gasteiger partial charge on any atom is -0.544 e. The first-order chi connectivity index (χ1) is 15.3. The molecule has 33 heavy (non-hydrogen) atoms. The molecule has 8 nitrogen and oxygen atoms in total. The van der Waals surface area contributed by atoms with E-state index in [9.17, 15) is 15.3 Å². The molecule has 0 N–H and O–H groups in total. The average molecular weight is 489 g/mol. The van der Waals surface area contributed by atoms with Crippen LogP contribution in [0.5, 0.6) is 5.75 Å². The van der Waals surface area contributed by atoms with Crippen LogP contribution in [0.25, 0.3) is 5.76 Å². The Kier molecular flexibility index (Phi) is 8.45. The molecule has 178 valence electrons. The Morgan fingerprint density at radius 2 is 1.48 bits per heavy atom. The van der Waals surface area contributed by atoms with Crippen molar-refractivity contribution in [1.82, 2.24) is 0 Å². The summed E-state index contributed by atoms with van der Waals surface area (Å²) in [6.45, 7) is 11.9. The number of rotatable bonds is 10. The van der Waals surface area contributed by atoms with Gasteiger partial charge in [-0.3, -0.25) is 15.3 Å². The third kappa shape index (κ3) is 8.74. The van der Waals surface area contributed by atoms with E-state index in [1.807, 2.05) is 69.6 Å². The summed E-state index contributed by atoms with van der Waals surface area (Å²) in [5, 5.41) is 23.7. The molecule has 2 aromatic carbocycles. The summed E-state index contributed by atoms with van der Waals surface area (Å²) in [5.41, 5.74) is 1.53. The number of benzene rings is 2. The van der Waals surface area contributed by atoms with Crippen molar-refractivity contribution in [2.45, 2.75) is 45.2 Å². The number of hydrogen-bond acceptors (Lipinski definition) is 6. The lowest BCUT2D eigenvalue weighted by atomic mass is 9.98. The lowest BCUT2D eigenvalue weighted by Gasteiger charge is -2.23. The first kappa shape index (κ1) is 26.1. The Morgan fingerprint density at radius 3 is 1.94 bits per heavy atom. The molecule has 1 atom stereocenters. The highest BCUT2D eigenvalue weighted by Crippen LogP contribution is 2.28. The third-order valence-electron chi connectivity index (χ3n) is 4.26. The maximum Gasteiger partial charge on any atom is 0.269 e. The zero-order chi connectivity index (χ0) is 24.8. The van der Waals surface area contributed by atoms with Crippen molar-refractivity contribution < 1.29 is 23.5 Å². The fourth-order valence-corrected chi connectivity index (χ4v) is 4.36. The van der Waals surface area contributed by atoms with E-state index >= 15 is 0 Å². The fourth-order valence-electron chi connectivity index (χ4n) is 2.91. The van der Waals surface area contributed by atoms with Crippen LogP contribution < -0.4 is 4.74 Å². The van der Waals surface area contributed by atoms with Crippen molar-refractivity contribution in [1.29, 1.82) is 0 Å². The van der Waals surface area contributed by atoms with Crippen LogP contribution in [-0.4, -0.2) is 39.8 Å². The van der Waals surface area contributed by atoms with Crippen molar-refractivity contribution in [2.75, 3.05) is 7.11 Å². The molecule has 0 spiro atoms. The normalized spacial score (nSPS) is 13.9. The topological polar surface area (TPSA) is 96.9 Å². The van der Waals surface area contributed by atoms with Crippen LogP contribution in [0.3, 0.4) is 0 Å². The minimum atomic E-state index is -2.11. The number of nitrogens with zero attached hydrogens (tertiary/aromatic N) is 2. The van der Waals surface area contributed by atoms with Crippen LogP contribution in [0.15, 0.2) is 54.6 Å². The lowest BCUT2D eigenvalue weighted by Crippen LogP contribution is -2.30. The van der Waals surface area contributed by atoms with E-state index in [0.29, 0.717) is 22.0 Å². The van der Waals surface area contributed by atoms with Crippen molar-refractivity contribution in [3.63, 3.8) is 0 Å². The molecule has 0 saturated carbocycles. The van der Waals surface area contributed by atoms with Crippen LogP contribution in [0.2, 0.25) is 39.3 Å². The predicted octanol–water partition coefficient (Wildman–Crippen LogP) is 5.93. The number of nitro groups is 1. The molecule has 2 aromatic rings. The van der Waals surface area contributed by atoms with Gasteiger partial charge in [0, 0.05) is 22.6 Å². The van der Waals surface area contributed by atoms with Gasteiger partial charge >= 0.3 is 0 Å². The van der Waals surface area contributed by atoms with Gasteiger partial charge in [0.1, 0.15) is 11.5 Å². The number of non-ortho nitro benzene ring substituents is 1. The molecule has 0 aliphatic carbocycles. The van der Waals surface area contributed by atoms with Gasteiger partial charge in [0.25, 0.3) is 5.69 Å². The molecular weight excluding hydrogens is 456 g/mol. The van der Waals surface area contributed by atoms with Gasteiger partial charge < -0.3 is 13.7 Å². The second-order valence-corrected chi connectivity index (χ2v) is 18.3. The minimum absolute atomic E-state index is 0.00126. The maximum absolute atomic E-state index is 12.6. The first-order valence-electron chi connectivity index (χ1n) is 10.6. The predicted molar refractivity (Wildman–Crippen MR) is 135 cm³/mol. The summed E-state index contributed by atoms with van der Waals surface area (Å²) in [4.78, 5) is 11.1. The molecule has 0 bridgehead atoms. The second kappa shape index (κ2) is 10.7. The zero-order valence-corrected chi connectivity index (χ0v) is 22.2. The highest BCUT2D eigenvalue weighted by molar-refractivity contribution is 6.70.